The largest absolute Gasteiger partial charge is 0.396 e. The SMILES string of the molecule is CC(=O)c1cccc(NC(=O)Cc2ccc(C3OC(CSCCO)CC(c4ccc(CO)cc4)O3)cc2)c1. The molecule has 4 rings (SSSR count). The van der Waals surface area contributed by atoms with Gasteiger partial charge in [-0.1, -0.05) is 60.7 Å². The molecule has 0 bridgehead atoms. The number of nitrogens with one attached hydrogen (secondary N) is 1. The van der Waals surface area contributed by atoms with E-state index in [1.165, 1.54) is 6.92 Å². The summed E-state index contributed by atoms with van der Waals surface area (Å²) in [6, 6.07) is 22.3. The summed E-state index contributed by atoms with van der Waals surface area (Å²) in [6.45, 7) is 1.61. The number of amides is 1. The van der Waals surface area contributed by atoms with E-state index in [-0.39, 0.29) is 43.5 Å². The van der Waals surface area contributed by atoms with Crippen molar-refractivity contribution in [2.75, 3.05) is 23.4 Å². The number of thioether (sulfide) groups is 1. The Hall–Kier alpha value is -3.01. The number of aliphatic hydroxyl groups excluding tert-OH is 2. The first-order valence-corrected chi connectivity index (χ1v) is 13.8. The summed E-state index contributed by atoms with van der Waals surface area (Å²) < 4.78 is 12.6. The van der Waals surface area contributed by atoms with Gasteiger partial charge in [-0.05, 0) is 35.7 Å². The van der Waals surface area contributed by atoms with Crippen LogP contribution in [0.4, 0.5) is 5.69 Å². The number of Topliss-reactive ketones (excluding diaryl/α,β-unsaturated/α-hetero) is 1. The van der Waals surface area contributed by atoms with Crippen molar-refractivity contribution in [2.45, 2.75) is 44.9 Å². The number of ketones is 1. The van der Waals surface area contributed by atoms with Crippen molar-refractivity contribution in [3.05, 3.63) is 101 Å². The van der Waals surface area contributed by atoms with Crippen LogP contribution in [-0.4, -0.2) is 46.1 Å². The van der Waals surface area contributed by atoms with Crippen LogP contribution in [0.3, 0.4) is 0 Å². The predicted molar refractivity (Wildman–Crippen MR) is 148 cm³/mol. The minimum atomic E-state index is -0.566. The molecular weight excluding hydrogens is 502 g/mol. The van der Waals surface area contributed by atoms with Crippen molar-refractivity contribution in [3.8, 4) is 0 Å². The number of carbonyl (C=O) groups excluding carboxylic acids is 2. The van der Waals surface area contributed by atoms with Gasteiger partial charge >= 0.3 is 0 Å². The molecule has 200 valence electrons. The fourth-order valence-corrected chi connectivity index (χ4v) is 5.07. The highest BCUT2D eigenvalue weighted by Crippen LogP contribution is 2.38. The third kappa shape index (κ3) is 7.75. The Kier molecular flexibility index (Phi) is 10.1. The molecule has 3 aromatic rings. The molecule has 3 aromatic carbocycles. The first kappa shape index (κ1) is 28.0. The highest BCUT2D eigenvalue weighted by atomic mass is 32.2. The highest BCUT2D eigenvalue weighted by molar-refractivity contribution is 7.99. The summed E-state index contributed by atoms with van der Waals surface area (Å²) in [5, 5.41) is 21.4. The molecule has 0 aromatic heterocycles. The molecule has 38 heavy (non-hydrogen) atoms. The molecule has 0 spiro atoms. The second kappa shape index (κ2) is 13.7. The maximum atomic E-state index is 12.6. The van der Waals surface area contributed by atoms with Gasteiger partial charge in [0.1, 0.15) is 0 Å². The Bertz CT molecular complexity index is 1210. The van der Waals surface area contributed by atoms with Crippen LogP contribution in [0.5, 0.6) is 0 Å². The molecule has 3 atom stereocenters. The van der Waals surface area contributed by atoms with Gasteiger partial charge in [0.05, 0.1) is 31.8 Å². The van der Waals surface area contributed by atoms with Crippen molar-refractivity contribution < 1.29 is 29.3 Å². The van der Waals surface area contributed by atoms with Gasteiger partial charge in [0.15, 0.2) is 12.1 Å². The van der Waals surface area contributed by atoms with Gasteiger partial charge in [-0.3, -0.25) is 9.59 Å². The van der Waals surface area contributed by atoms with E-state index in [1.54, 1.807) is 36.0 Å². The van der Waals surface area contributed by atoms with Crippen molar-refractivity contribution >= 4 is 29.1 Å². The zero-order valence-electron chi connectivity index (χ0n) is 21.3. The third-order valence-corrected chi connectivity index (χ3v) is 7.40. The first-order valence-electron chi connectivity index (χ1n) is 12.6. The Morgan fingerprint density at radius 3 is 2.34 bits per heavy atom. The average molecular weight is 536 g/mol. The number of carbonyl (C=O) groups is 2. The highest BCUT2D eigenvalue weighted by Gasteiger charge is 2.32. The molecule has 1 fully saturated rings. The second-order valence-corrected chi connectivity index (χ2v) is 10.4. The van der Waals surface area contributed by atoms with E-state index in [0.29, 0.717) is 23.4 Å². The summed E-state index contributed by atoms with van der Waals surface area (Å²) in [5.41, 5.74) is 4.71. The van der Waals surface area contributed by atoms with E-state index in [9.17, 15) is 14.7 Å². The fraction of sp³-hybridized carbons (Fsp3) is 0.333. The fourth-order valence-electron chi connectivity index (χ4n) is 4.30. The summed E-state index contributed by atoms with van der Waals surface area (Å²) in [7, 11) is 0. The van der Waals surface area contributed by atoms with Crippen molar-refractivity contribution in [1.29, 1.82) is 0 Å². The van der Waals surface area contributed by atoms with Crippen LogP contribution in [0.25, 0.3) is 0 Å². The van der Waals surface area contributed by atoms with Gasteiger partial charge in [-0.15, -0.1) is 0 Å². The lowest BCUT2D eigenvalue weighted by atomic mass is 10.0. The number of anilines is 1. The number of rotatable bonds is 11. The second-order valence-electron chi connectivity index (χ2n) is 9.25. The molecule has 1 aliphatic rings. The van der Waals surface area contributed by atoms with Crippen molar-refractivity contribution in [2.24, 2.45) is 0 Å². The van der Waals surface area contributed by atoms with Gasteiger partial charge in [0.2, 0.25) is 5.91 Å². The lowest BCUT2D eigenvalue weighted by molar-refractivity contribution is -0.245. The molecule has 8 heteroatoms. The lowest BCUT2D eigenvalue weighted by Crippen LogP contribution is -2.31. The van der Waals surface area contributed by atoms with E-state index in [2.05, 4.69) is 5.32 Å². The van der Waals surface area contributed by atoms with E-state index in [4.69, 9.17) is 14.6 Å². The average Bonchev–Trinajstić information content (AvgIpc) is 2.93. The number of ether oxygens (including phenoxy) is 2. The third-order valence-electron chi connectivity index (χ3n) is 6.32. The van der Waals surface area contributed by atoms with Crippen LogP contribution in [0, 0.1) is 0 Å². The molecule has 1 aliphatic heterocycles. The van der Waals surface area contributed by atoms with Gasteiger partial charge in [0, 0.05) is 34.7 Å². The molecule has 3 N–H and O–H groups in total. The van der Waals surface area contributed by atoms with Gasteiger partial charge in [-0.25, -0.2) is 0 Å². The molecule has 0 saturated carbocycles. The Labute approximate surface area is 227 Å². The van der Waals surface area contributed by atoms with Crippen LogP contribution in [0.1, 0.15) is 58.4 Å². The van der Waals surface area contributed by atoms with Crippen LogP contribution < -0.4 is 5.32 Å². The first-order chi connectivity index (χ1) is 18.4. The molecular formula is C30H33NO6S. The minimum absolute atomic E-state index is 0.00681. The van der Waals surface area contributed by atoms with Crippen molar-refractivity contribution in [3.63, 3.8) is 0 Å². The monoisotopic (exact) mass is 535 g/mol. The van der Waals surface area contributed by atoms with E-state index in [1.807, 2.05) is 48.5 Å². The van der Waals surface area contributed by atoms with Gasteiger partial charge < -0.3 is 25.0 Å². The lowest BCUT2D eigenvalue weighted by Gasteiger charge is -2.36. The van der Waals surface area contributed by atoms with E-state index < -0.39 is 6.29 Å². The standard InChI is InChI=1S/C30H33NO6S/c1-20(34)25-3-2-4-26(16-25)31-29(35)15-21-5-11-24(12-6-21)30-36-27(19-38-14-13-32)17-28(37-30)23-9-7-22(18-33)8-10-23/h2-12,16,27-28,30,32-33H,13-15,17-19H2,1H3,(H,31,35). The van der Waals surface area contributed by atoms with Crippen molar-refractivity contribution in [1.82, 2.24) is 0 Å². The number of hydrogen-bond donors (Lipinski definition) is 3. The van der Waals surface area contributed by atoms with Crippen LogP contribution in [-0.2, 0) is 27.3 Å². The number of hydrogen-bond acceptors (Lipinski definition) is 7. The molecule has 1 saturated heterocycles. The van der Waals surface area contributed by atoms with Gasteiger partial charge in [-0.2, -0.15) is 11.8 Å². The molecule has 0 radical (unpaired) electrons. The zero-order chi connectivity index (χ0) is 26.9. The van der Waals surface area contributed by atoms with Crippen LogP contribution in [0.2, 0.25) is 0 Å². The summed E-state index contributed by atoms with van der Waals surface area (Å²) >= 11 is 1.65. The maximum absolute atomic E-state index is 12.6. The quantitative estimate of drug-likeness (QED) is 0.239. The summed E-state index contributed by atoms with van der Waals surface area (Å²) in [5.74, 6) is 1.17. The zero-order valence-corrected chi connectivity index (χ0v) is 22.2. The Balaban J connectivity index is 1.42. The number of benzene rings is 3. The molecule has 3 unspecified atom stereocenters. The molecule has 1 heterocycles. The predicted octanol–water partition coefficient (Wildman–Crippen LogP) is 4.83. The van der Waals surface area contributed by atoms with Crippen LogP contribution in [0.15, 0.2) is 72.8 Å². The van der Waals surface area contributed by atoms with Crippen LogP contribution >= 0.6 is 11.8 Å². The molecule has 0 aliphatic carbocycles. The summed E-state index contributed by atoms with van der Waals surface area (Å²) in [4.78, 5) is 24.2. The van der Waals surface area contributed by atoms with E-state index in [0.717, 1.165) is 28.0 Å². The normalized spacial score (nSPS) is 19.2. The maximum Gasteiger partial charge on any atom is 0.228 e. The Morgan fingerprint density at radius 2 is 1.66 bits per heavy atom. The summed E-state index contributed by atoms with van der Waals surface area (Å²) in [6.07, 6.45) is 0.0953. The smallest absolute Gasteiger partial charge is 0.228 e. The topological polar surface area (TPSA) is 105 Å². The van der Waals surface area contributed by atoms with Gasteiger partial charge in [0.25, 0.3) is 0 Å². The molecule has 7 nitrogen and oxygen atoms in total. The Morgan fingerprint density at radius 1 is 0.947 bits per heavy atom. The molecule has 1 amide bonds. The minimum Gasteiger partial charge on any atom is -0.396 e. The number of aliphatic hydroxyl groups is 2. The van der Waals surface area contributed by atoms with E-state index >= 15 is 0 Å².